The van der Waals surface area contributed by atoms with Crippen LogP contribution in [0.5, 0.6) is 0 Å². The van der Waals surface area contributed by atoms with Crippen molar-refractivity contribution in [2.75, 3.05) is 11.1 Å². The van der Waals surface area contributed by atoms with Crippen LogP contribution in [-0.2, 0) is 4.79 Å². The van der Waals surface area contributed by atoms with Crippen LogP contribution in [0.4, 0.5) is 5.69 Å². The Balaban J connectivity index is 2.58. The van der Waals surface area contributed by atoms with E-state index in [0.29, 0.717) is 22.9 Å². The van der Waals surface area contributed by atoms with Crippen LogP contribution in [0.25, 0.3) is 0 Å². The number of nitrogens with zero attached hydrogens (tertiary/aromatic N) is 1. The number of aromatic nitrogens is 1. The van der Waals surface area contributed by atoms with Crippen molar-refractivity contribution < 1.29 is 4.79 Å². The summed E-state index contributed by atoms with van der Waals surface area (Å²) in [4.78, 5) is 14.9. The van der Waals surface area contributed by atoms with Crippen LogP contribution < -0.4 is 5.32 Å². The second-order valence-electron chi connectivity index (χ2n) is 2.41. The van der Waals surface area contributed by atoms with E-state index in [1.54, 1.807) is 12.3 Å². The first-order valence-corrected chi connectivity index (χ1v) is 4.74. The fraction of sp³-hybridized carbons (Fsp3) is 0.250. The molecule has 1 amide bonds. The Morgan fingerprint density at radius 3 is 3.00 bits per heavy atom. The molecule has 1 N–H and O–H groups in total. The van der Waals surface area contributed by atoms with E-state index in [9.17, 15) is 4.79 Å². The molecule has 70 valence electrons. The maximum absolute atomic E-state index is 11.1. The van der Waals surface area contributed by atoms with Crippen LogP contribution in [-0.4, -0.2) is 16.6 Å². The normalized spacial score (nSPS) is 9.69. The maximum Gasteiger partial charge on any atom is 0.225 e. The van der Waals surface area contributed by atoms with Crippen molar-refractivity contribution >= 4 is 35.8 Å². The summed E-state index contributed by atoms with van der Waals surface area (Å²) < 4.78 is 0. The molecule has 1 heterocycles. The lowest BCUT2D eigenvalue weighted by Crippen LogP contribution is -2.11. The number of halogens is 1. The van der Waals surface area contributed by atoms with Gasteiger partial charge in [0.05, 0.1) is 16.9 Å². The SMILES string of the molecule is O=C(CCS)Nc1cncc(Cl)c1. The van der Waals surface area contributed by atoms with Crippen molar-refractivity contribution in [2.24, 2.45) is 0 Å². The van der Waals surface area contributed by atoms with Gasteiger partial charge in [-0.2, -0.15) is 12.6 Å². The van der Waals surface area contributed by atoms with E-state index in [1.165, 1.54) is 6.20 Å². The smallest absolute Gasteiger partial charge is 0.225 e. The Labute approximate surface area is 86.9 Å². The molecule has 0 aliphatic heterocycles. The van der Waals surface area contributed by atoms with Gasteiger partial charge in [0.2, 0.25) is 5.91 Å². The number of hydrogen-bond acceptors (Lipinski definition) is 3. The molecule has 1 aromatic rings. The topological polar surface area (TPSA) is 42.0 Å². The molecular formula is C8H9ClN2OS. The Kier molecular flexibility index (Phi) is 4.05. The van der Waals surface area contributed by atoms with Gasteiger partial charge in [-0.25, -0.2) is 0 Å². The lowest BCUT2D eigenvalue weighted by atomic mass is 10.4. The zero-order valence-corrected chi connectivity index (χ0v) is 8.48. The number of nitrogens with one attached hydrogen (secondary N) is 1. The highest BCUT2D eigenvalue weighted by Crippen LogP contribution is 2.12. The van der Waals surface area contributed by atoms with Crippen LogP contribution in [0, 0.1) is 0 Å². The summed E-state index contributed by atoms with van der Waals surface area (Å²) in [5.41, 5.74) is 0.610. The first kappa shape index (κ1) is 10.3. The average molecular weight is 217 g/mol. The molecule has 5 heteroatoms. The van der Waals surface area contributed by atoms with Gasteiger partial charge in [-0.3, -0.25) is 9.78 Å². The van der Waals surface area contributed by atoms with Crippen LogP contribution in [0.1, 0.15) is 6.42 Å². The van der Waals surface area contributed by atoms with E-state index in [1.807, 2.05) is 0 Å². The molecular weight excluding hydrogens is 208 g/mol. The molecule has 0 aliphatic carbocycles. The van der Waals surface area contributed by atoms with Crippen molar-refractivity contribution in [3.05, 3.63) is 23.5 Å². The highest BCUT2D eigenvalue weighted by Gasteiger charge is 2.00. The molecule has 0 aromatic carbocycles. The highest BCUT2D eigenvalue weighted by atomic mass is 35.5. The molecule has 1 rings (SSSR count). The van der Waals surface area contributed by atoms with Crippen molar-refractivity contribution in [2.45, 2.75) is 6.42 Å². The number of amides is 1. The summed E-state index contributed by atoms with van der Waals surface area (Å²) in [5, 5.41) is 3.15. The molecule has 3 nitrogen and oxygen atoms in total. The lowest BCUT2D eigenvalue weighted by Gasteiger charge is -2.02. The van der Waals surface area contributed by atoms with Gasteiger partial charge in [0, 0.05) is 12.6 Å². The largest absolute Gasteiger partial charge is 0.325 e. The number of carbonyl (C=O) groups is 1. The van der Waals surface area contributed by atoms with Crippen molar-refractivity contribution in [1.82, 2.24) is 4.98 Å². The third-order valence-corrected chi connectivity index (χ3v) is 1.76. The third-order valence-electron chi connectivity index (χ3n) is 1.33. The minimum absolute atomic E-state index is 0.0842. The van der Waals surface area contributed by atoms with Gasteiger partial charge in [0.15, 0.2) is 0 Å². The lowest BCUT2D eigenvalue weighted by molar-refractivity contribution is -0.115. The zero-order chi connectivity index (χ0) is 9.68. The van der Waals surface area contributed by atoms with E-state index >= 15 is 0 Å². The fourth-order valence-electron chi connectivity index (χ4n) is 0.805. The van der Waals surface area contributed by atoms with E-state index < -0.39 is 0 Å². The van der Waals surface area contributed by atoms with Gasteiger partial charge < -0.3 is 5.32 Å². The molecule has 0 aliphatic rings. The summed E-state index contributed by atoms with van der Waals surface area (Å²) >= 11 is 9.62. The van der Waals surface area contributed by atoms with Gasteiger partial charge >= 0.3 is 0 Å². The monoisotopic (exact) mass is 216 g/mol. The standard InChI is InChI=1S/C8H9ClN2OS/c9-6-3-7(5-10-4-6)11-8(12)1-2-13/h3-5,13H,1-2H2,(H,11,12). The van der Waals surface area contributed by atoms with Gasteiger partial charge in [-0.15, -0.1) is 0 Å². The van der Waals surface area contributed by atoms with Gasteiger partial charge in [0.1, 0.15) is 0 Å². The molecule has 0 saturated heterocycles. The van der Waals surface area contributed by atoms with Crippen molar-refractivity contribution in [3.63, 3.8) is 0 Å². The second kappa shape index (κ2) is 5.09. The number of carbonyl (C=O) groups excluding carboxylic acids is 1. The fourth-order valence-corrected chi connectivity index (χ4v) is 1.18. The first-order chi connectivity index (χ1) is 6.22. The summed E-state index contributed by atoms with van der Waals surface area (Å²) in [6.45, 7) is 0. The van der Waals surface area contributed by atoms with Gasteiger partial charge in [-0.1, -0.05) is 11.6 Å². The number of rotatable bonds is 3. The maximum atomic E-state index is 11.1. The zero-order valence-electron chi connectivity index (χ0n) is 6.83. The Bertz CT molecular complexity index is 306. The minimum atomic E-state index is -0.0842. The molecule has 0 bridgehead atoms. The Morgan fingerprint density at radius 1 is 1.62 bits per heavy atom. The number of pyridine rings is 1. The molecule has 13 heavy (non-hydrogen) atoms. The second-order valence-corrected chi connectivity index (χ2v) is 3.30. The quantitative estimate of drug-likeness (QED) is 0.759. The number of hydrogen-bond donors (Lipinski definition) is 2. The summed E-state index contributed by atoms with van der Waals surface area (Å²) in [6, 6.07) is 1.64. The molecule has 0 atom stereocenters. The summed E-state index contributed by atoms with van der Waals surface area (Å²) in [6.07, 6.45) is 3.44. The highest BCUT2D eigenvalue weighted by molar-refractivity contribution is 7.80. The molecule has 1 aromatic heterocycles. The Hall–Kier alpha value is -0.740. The molecule has 0 radical (unpaired) electrons. The summed E-state index contributed by atoms with van der Waals surface area (Å²) in [5.74, 6) is 0.443. The van der Waals surface area contributed by atoms with E-state index in [-0.39, 0.29) is 5.91 Å². The van der Waals surface area contributed by atoms with Gasteiger partial charge in [-0.05, 0) is 11.8 Å². The summed E-state index contributed by atoms with van der Waals surface area (Å²) in [7, 11) is 0. The molecule has 0 fully saturated rings. The van der Waals surface area contributed by atoms with Crippen LogP contribution in [0.3, 0.4) is 0 Å². The van der Waals surface area contributed by atoms with E-state index in [0.717, 1.165) is 0 Å². The third kappa shape index (κ3) is 3.65. The Morgan fingerprint density at radius 2 is 2.38 bits per heavy atom. The van der Waals surface area contributed by atoms with Crippen LogP contribution >= 0.6 is 24.2 Å². The van der Waals surface area contributed by atoms with Crippen molar-refractivity contribution in [1.29, 1.82) is 0 Å². The average Bonchev–Trinajstić information content (AvgIpc) is 2.04. The molecule has 0 spiro atoms. The van der Waals surface area contributed by atoms with Crippen molar-refractivity contribution in [3.8, 4) is 0 Å². The molecule has 0 unspecified atom stereocenters. The first-order valence-electron chi connectivity index (χ1n) is 3.73. The van der Waals surface area contributed by atoms with Crippen LogP contribution in [0.2, 0.25) is 5.02 Å². The number of thiol groups is 1. The predicted octanol–water partition coefficient (Wildman–Crippen LogP) is 1.99. The van der Waals surface area contributed by atoms with Gasteiger partial charge in [0.25, 0.3) is 0 Å². The van der Waals surface area contributed by atoms with E-state index in [2.05, 4.69) is 22.9 Å². The van der Waals surface area contributed by atoms with Crippen LogP contribution in [0.15, 0.2) is 18.5 Å². The number of anilines is 1. The molecule has 0 saturated carbocycles. The van der Waals surface area contributed by atoms with E-state index in [4.69, 9.17) is 11.6 Å². The minimum Gasteiger partial charge on any atom is -0.325 e. The predicted molar refractivity (Wildman–Crippen MR) is 56.3 cm³/mol.